The molecule has 0 saturated heterocycles. The zero-order valence-electron chi connectivity index (χ0n) is 18.9. The fraction of sp³-hybridized carbons (Fsp3) is 0.143. The molecule has 0 fully saturated rings. The number of carbonyl (C=O) groups excluding carboxylic acids is 2. The van der Waals surface area contributed by atoms with Crippen molar-refractivity contribution in [3.8, 4) is 16.9 Å². The first-order chi connectivity index (χ1) is 16.6. The van der Waals surface area contributed by atoms with E-state index in [-0.39, 0.29) is 18.4 Å². The molecular weight excluding hydrogens is 428 g/mol. The molecule has 2 amide bonds. The molecule has 1 atom stereocenters. The zero-order chi connectivity index (χ0) is 23.8. The lowest BCUT2D eigenvalue weighted by molar-refractivity contribution is -0.122. The van der Waals surface area contributed by atoms with E-state index < -0.39 is 6.10 Å². The summed E-state index contributed by atoms with van der Waals surface area (Å²) in [4.78, 5) is 25.3. The van der Waals surface area contributed by atoms with Crippen LogP contribution in [0.2, 0.25) is 0 Å². The summed E-state index contributed by atoms with van der Waals surface area (Å²) in [7, 11) is 0. The molecule has 0 bridgehead atoms. The van der Waals surface area contributed by atoms with Gasteiger partial charge in [0.25, 0.3) is 11.8 Å². The lowest BCUT2D eigenvalue weighted by atomic mass is 10.1. The quantitative estimate of drug-likeness (QED) is 0.341. The highest BCUT2D eigenvalue weighted by Crippen LogP contribution is 2.23. The minimum Gasteiger partial charge on any atom is -0.481 e. The Morgan fingerprint density at radius 3 is 2.35 bits per heavy atom. The highest BCUT2D eigenvalue weighted by atomic mass is 16.5. The number of hydrogen-bond acceptors (Lipinski definition) is 4. The third kappa shape index (κ3) is 5.92. The number of hydrogen-bond donors (Lipinski definition) is 2. The molecule has 6 heteroatoms. The lowest BCUT2D eigenvalue weighted by Crippen LogP contribution is -2.32. The Labute approximate surface area is 198 Å². The van der Waals surface area contributed by atoms with Crippen molar-refractivity contribution >= 4 is 17.5 Å². The van der Waals surface area contributed by atoms with E-state index >= 15 is 0 Å². The molecule has 3 aromatic carbocycles. The molecule has 0 aliphatic carbocycles. The molecule has 1 aromatic heterocycles. The van der Waals surface area contributed by atoms with Gasteiger partial charge in [-0.25, -0.2) is 0 Å². The van der Waals surface area contributed by atoms with Gasteiger partial charge in [0.2, 0.25) is 0 Å². The normalized spacial score (nSPS) is 11.4. The first-order valence-electron chi connectivity index (χ1n) is 11.2. The average molecular weight is 455 g/mol. The maximum Gasteiger partial charge on any atom is 0.265 e. The van der Waals surface area contributed by atoms with Crippen LogP contribution in [0, 0.1) is 0 Å². The molecule has 0 aliphatic rings. The van der Waals surface area contributed by atoms with Gasteiger partial charge < -0.3 is 19.8 Å². The van der Waals surface area contributed by atoms with E-state index in [4.69, 9.17) is 9.15 Å². The summed E-state index contributed by atoms with van der Waals surface area (Å²) in [6, 6.07) is 28.1. The summed E-state index contributed by atoms with van der Waals surface area (Å²) in [5.41, 5.74) is 3.16. The monoisotopic (exact) mass is 454 g/mol. The maximum atomic E-state index is 12.8. The SMILES string of the molecule is CCC(Oc1ccc(-c2ccccc2)cc1)C(=O)Nc1cccc(C(=O)NCc2ccco2)c1. The Morgan fingerprint density at radius 2 is 1.65 bits per heavy atom. The van der Waals surface area contributed by atoms with Crippen LogP contribution in [0.4, 0.5) is 5.69 Å². The molecule has 1 unspecified atom stereocenters. The smallest absolute Gasteiger partial charge is 0.265 e. The Hall–Kier alpha value is -4.32. The predicted octanol–water partition coefficient (Wildman–Crippen LogP) is 5.67. The van der Waals surface area contributed by atoms with E-state index in [0.717, 1.165) is 11.1 Å². The van der Waals surface area contributed by atoms with Crippen LogP contribution in [0.3, 0.4) is 0 Å². The van der Waals surface area contributed by atoms with Crippen LogP contribution in [0.15, 0.2) is 102 Å². The summed E-state index contributed by atoms with van der Waals surface area (Å²) < 4.78 is 11.2. The fourth-order valence-corrected chi connectivity index (χ4v) is 3.49. The van der Waals surface area contributed by atoms with Gasteiger partial charge in [-0.2, -0.15) is 0 Å². The van der Waals surface area contributed by atoms with Crippen molar-refractivity contribution in [2.24, 2.45) is 0 Å². The largest absolute Gasteiger partial charge is 0.481 e. The highest BCUT2D eigenvalue weighted by molar-refractivity contribution is 5.98. The number of anilines is 1. The van der Waals surface area contributed by atoms with Crippen molar-refractivity contribution in [3.63, 3.8) is 0 Å². The van der Waals surface area contributed by atoms with E-state index in [1.807, 2.05) is 61.5 Å². The second-order valence-corrected chi connectivity index (χ2v) is 7.74. The van der Waals surface area contributed by atoms with Crippen molar-refractivity contribution in [2.75, 3.05) is 5.32 Å². The molecule has 0 radical (unpaired) electrons. The number of furan rings is 1. The van der Waals surface area contributed by atoms with E-state index in [1.54, 1.807) is 42.7 Å². The van der Waals surface area contributed by atoms with Crippen LogP contribution < -0.4 is 15.4 Å². The zero-order valence-corrected chi connectivity index (χ0v) is 18.9. The number of carbonyl (C=O) groups is 2. The number of ether oxygens (including phenoxy) is 1. The Morgan fingerprint density at radius 1 is 0.882 bits per heavy atom. The van der Waals surface area contributed by atoms with Gasteiger partial charge in [-0.3, -0.25) is 9.59 Å². The molecule has 172 valence electrons. The van der Waals surface area contributed by atoms with Gasteiger partial charge in [0.15, 0.2) is 6.10 Å². The molecule has 4 aromatic rings. The van der Waals surface area contributed by atoms with E-state index in [2.05, 4.69) is 10.6 Å². The lowest BCUT2D eigenvalue weighted by Gasteiger charge is -2.18. The van der Waals surface area contributed by atoms with Crippen molar-refractivity contribution in [3.05, 3.63) is 109 Å². The van der Waals surface area contributed by atoms with Gasteiger partial charge in [0.1, 0.15) is 11.5 Å². The van der Waals surface area contributed by atoms with Gasteiger partial charge in [-0.15, -0.1) is 0 Å². The third-order valence-corrected chi connectivity index (χ3v) is 5.30. The van der Waals surface area contributed by atoms with Crippen LogP contribution in [-0.2, 0) is 11.3 Å². The van der Waals surface area contributed by atoms with Gasteiger partial charge in [-0.05, 0) is 60.0 Å². The van der Waals surface area contributed by atoms with Gasteiger partial charge in [-0.1, -0.05) is 55.5 Å². The van der Waals surface area contributed by atoms with Crippen molar-refractivity contribution in [1.82, 2.24) is 5.32 Å². The summed E-state index contributed by atoms with van der Waals surface area (Å²) in [6.07, 6.45) is 1.39. The van der Waals surface area contributed by atoms with E-state index in [9.17, 15) is 9.59 Å². The van der Waals surface area contributed by atoms with Crippen LogP contribution >= 0.6 is 0 Å². The average Bonchev–Trinajstić information content (AvgIpc) is 3.40. The topological polar surface area (TPSA) is 80.6 Å². The number of amides is 2. The number of benzene rings is 3. The van der Waals surface area contributed by atoms with E-state index in [1.165, 1.54) is 0 Å². The van der Waals surface area contributed by atoms with Gasteiger partial charge >= 0.3 is 0 Å². The summed E-state index contributed by atoms with van der Waals surface area (Å²) >= 11 is 0. The molecular formula is C28H26N2O4. The van der Waals surface area contributed by atoms with E-state index in [0.29, 0.717) is 29.2 Å². The molecule has 1 heterocycles. The standard InChI is InChI=1S/C28H26N2O4/c1-2-26(34-24-15-13-21(14-16-24)20-8-4-3-5-9-20)28(32)30-23-11-6-10-22(18-23)27(31)29-19-25-12-7-17-33-25/h3-18,26H,2,19H2,1H3,(H,29,31)(H,30,32). The molecule has 0 aliphatic heterocycles. The van der Waals surface area contributed by atoms with Crippen molar-refractivity contribution in [1.29, 1.82) is 0 Å². The van der Waals surface area contributed by atoms with Crippen LogP contribution in [0.1, 0.15) is 29.5 Å². The van der Waals surface area contributed by atoms with Crippen LogP contribution in [0.25, 0.3) is 11.1 Å². The molecule has 0 spiro atoms. The molecule has 34 heavy (non-hydrogen) atoms. The fourth-order valence-electron chi connectivity index (χ4n) is 3.49. The molecule has 6 nitrogen and oxygen atoms in total. The Kier molecular flexibility index (Phi) is 7.40. The van der Waals surface area contributed by atoms with Crippen LogP contribution in [-0.4, -0.2) is 17.9 Å². The first kappa shape index (κ1) is 22.9. The van der Waals surface area contributed by atoms with Gasteiger partial charge in [0, 0.05) is 11.3 Å². The summed E-state index contributed by atoms with van der Waals surface area (Å²) in [5.74, 6) is 0.752. The molecule has 4 rings (SSSR count). The number of nitrogens with one attached hydrogen (secondary N) is 2. The Balaban J connectivity index is 1.36. The molecule has 2 N–H and O–H groups in total. The second-order valence-electron chi connectivity index (χ2n) is 7.74. The van der Waals surface area contributed by atoms with Crippen molar-refractivity contribution < 1.29 is 18.7 Å². The first-order valence-corrected chi connectivity index (χ1v) is 11.2. The predicted molar refractivity (Wildman–Crippen MR) is 132 cm³/mol. The highest BCUT2D eigenvalue weighted by Gasteiger charge is 2.19. The molecule has 0 saturated carbocycles. The minimum absolute atomic E-state index is 0.255. The summed E-state index contributed by atoms with van der Waals surface area (Å²) in [5, 5.41) is 5.65. The van der Waals surface area contributed by atoms with Gasteiger partial charge in [0.05, 0.1) is 12.8 Å². The summed E-state index contributed by atoms with van der Waals surface area (Å²) in [6.45, 7) is 2.18. The second kappa shape index (κ2) is 11.0. The van der Waals surface area contributed by atoms with Crippen LogP contribution in [0.5, 0.6) is 5.75 Å². The number of rotatable bonds is 9. The maximum absolute atomic E-state index is 12.8. The Bertz CT molecular complexity index is 1220. The minimum atomic E-state index is -0.668. The van der Waals surface area contributed by atoms with Crippen molar-refractivity contribution in [2.45, 2.75) is 26.0 Å². The third-order valence-electron chi connectivity index (χ3n) is 5.30.